The van der Waals surface area contributed by atoms with Gasteiger partial charge in [-0.05, 0) is 12.5 Å². The van der Waals surface area contributed by atoms with Gasteiger partial charge in [0.15, 0.2) is 0 Å². The number of hydrogen-bond donors (Lipinski definition) is 2. The smallest absolute Gasteiger partial charge is 0.241 e. The minimum absolute atomic E-state index is 0.287. The van der Waals surface area contributed by atoms with E-state index < -0.39 is 10.0 Å². The van der Waals surface area contributed by atoms with Crippen molar-refractivity contribution in [1.29, 1.82) is 0 Å². The summed E-state index contributed by atoms with van der Waals surface area (Å²) in [6.45, 7) is 1.29. The summed E-state index contributed by atoms with van der Waals surface area (Å²) < 4.78 is 30.8. The van der Waals surface area contributed by atoms with Gasteiger partial charge < -0.3 is 10.5 Å². The summed E-state index contributed by atoms with van der Waals surface area (Å²) in [4.78, 5) is 1.15. The Morgan fingerprint density at radius 3 is 2.88 bits per heavy atom. The Bertz CT molecular complexity index is 414. The van der Waals surface area contributed by atoms with E-state index in [0.717, 1.165) is 4.88 Å². The molecule has 7 heteroatoms. The van der Waals surface area contributed by atoms with Crippen molar-refractivity contribution in [3.63, 3.8) is 0 Å². The van der Waals surface area contributed by atoms with Crippen molar-refractivity contribution >= 4 is 21.4 Å². The van der Waals surface area contributed by atoms with E-state index in [1.54, 1.807) is 18.6 Å². The number of methoxy groups -OCH3 is 1. The van der Waals surface area contributed by atoms with Crippen molar-refractivity contribution in [2.24, 2.45) is 5.73 Å². The van der Waals surface area contributed by atoms with Crippen LogP contribution in [0.4, 0.5) is 0 Å². The van der Waals surface area contributed by atoms with E-state index in [1.807, 2.05) is 0 Å². The molecule has 0 aliphatic rings. The van der Waals surface area contributed by atoms with Crippen LogP contribution in [0.3, 0.4) is 0 Å². The van der Waals surface area contributed by atoms with E-state index in [2.05, 4.69) is 4.72 Å². The summed E-state index contributed by atoms with van der Waals surface area (Å²) in [7, 11) is -1.80. The van der Waals surface area contributed by atoms with Crippen LogP contribution in [0.5, 0.6) is 0 Å². The highest BCUT2D eigenvalue weighted by Gasteiger charge is 2.14. The zero-order chi connectivity index (χ0) is 12.0. The number of ether oxygens (including phenoxy) is 1. The van der Waals surface area contributed by atoms with E-state index in [0.29, 0.717) is 26.1 Å². The highest BCUT2D eigenvalue weighted by Crippen LogP contribution is 2.18. The monoisotopic (exact) mass is 264 g/mol. The molecule has 16 heavy (non-hydrogen) atoms. The molecule has 1 rings (SSSR count). The summed E-state index contributed by atoms with van der Waals surface area (Å²) in [6.07, 6.45) is 0.656. The van der Waals surface area contributed by atoms with Crippen LogP contribution >= 0.6 is 11.3 Å². The Hall–Kier alpha value is -0.470. The lowest BCUT2D eigenvalue weighted by Gasteiger charge is -2.03. The Balaban J connectivity index is 2.56. The van der Waals surface area contributed by atoms with Gasteiger partial charge in [-0.3, -0.25) is 0 Å². The molecule has 0 spiro atoms. The van der Waals surface area contributed by atoms with Crippen molar-refractivity contribution in [3.8, 4) is 0 Å². The van der Waals surface area contributed by atoms with Gasteiger partial charge in [0.05, 0.1) is 4.90 Å². The first-order valence-electron chi connectivity index (χ1n) is 4.86. The normalized spacial score (nSPS) is 11.9. The lowest BCUT2D eigenvalue weighted by Crippen LogP contribution is -2.25. The maximum absolute atomic E-state index is 11.7. The first kappa shape index (κ1) is 13.6. The highest BCUT2D eigenvalue weighted by molar-refractivity contribution is 7.89. The number of sulfonamides is 1. The fourth-order valence-electron chi connectivity index (χ4n) is 1.11. The van der Waals surface area contributed by atoms with Crippen LogP contribution in [0, 0.1) is 0 Å². The predicted octanol–water partition coefficient (Wildman–Crippen LogP) is 0.522. The molecule has 0 fully saturated rings. The standard InChI is InChI=1S/C9H16N2O3S2/c1-14-4-2-3-11-16(12,13)9-5-8(6-10)15-7-9/h5,7,11H,2-4,6,10H2,1H3. The van der Waals surface area contributed by atoms with E-state index in [9.17, 15) is 8.42 Å². The topological polar surface area (TPSA) is 81.4 Å². The summed E-state index contributed by atoms with van der Waals surface area (Å²) in [6, 6.07) is 1.60. The zero-order valence-corrected chi connectivity index (χ0v) is 10.7. The van der Waals surface area contributed by atoms with E-state index in [1.165, 1.54) is 11.3 Å². The lowest BCUT2D eigenvalue weighted by atomic mass is 10.5. The van der Waals surface area contributed by atoms with Gasteiger partial charge >= 0.3 is 0 Å². The van der Waals surface area contributed by atoms with Crippen molar-refractivity contribution in [1.82, 2.24) is 4.72 Å². The molecule has 0 aromatic carbocycles. The van der Waals surface area contributed by atoms with Crippen molar-refractivity contribution < 1.29 is 13.2 Å². The average Bonchev–Trinajstić information content (AvgIpc) is 2.73. The second-order valence-electron chi connectivity index (χ2n) is 3.20. The maximum atomic E-state index is 11.7. The third-order valence-electron chi connectivity index (χ3n) is 1.96. The molecule has 0 bridgehead atoms. The van der Waals surface area contributed by atoms with Gasteiger partial charge in [-0.2, -0.15) is 0 Å². The molecule has 0 saturated carbocycles. The van der Waals surface area contributed by atoms with Crippen molar-refractivity contribution in [2.45, 2.75) is 17.9 Å². The van der Waals surface area contributed by atoms with E-state index in [4.69, 9.17) is 10.5 Å². The molecule has 0 unspecified atom stereocenters. The highest BCUT2D eigenvalue weighted by atomic mass is 32.2. The molecular weight excluding hydrogens is 248 g/mol. The van der Waals surface area contributed by atoms with Gasteiger partial charge in [0, 0.05) is 37.1 Å². The molecule has 0 amide bonds. The van der Waals surface area contributed by atoms with E-state index >= 15 is 0 Å². The number of nitrogens with one attached hydrogen (secondary N) is 1. The number of hydrogen-bond acceptors (Lipinski definition) is 5. The predicted molar refractivity (Wildman–Crippen MR) is 63.9 cm³/mol. The average molecular weight is 264 g/mol. The molecular formula is C9H16N2O3S2. The molecule has 0 saturated heterocycles. The molecule has 1 aromatic rings. The molecule has 1 aromatic heterocycles. The van der Waals surface area contributed by atoms with Crippen LogP contribution in [0.15, 0.2) is 16.3 Å². The number of rotatable bonds is 7. The molecule has 1 heterocycles. The molecule has 0 atom stereocenters. The third kappa shape index (κ3) is 3.84. The largest absolute Gasteiger partial charge is 0.385 e. The fraction of sp³-hybridized carbons (Fsp3) is 0.556. The molecule has 5 nitrogen and oxygen atoms in total. The molecule has 0 radical (unpaired) electrons. The quantitative estimate of drug-likeness (QED) is 0.704. The third-order valence-corrected chi connectivity index (χ3v) is 4.51. The summed E-state index contributed by atoms with van der Waals surface area (Å²) in [5, 5.41) is 1.60. The summed E-state index contributed by atoms with van der Waals surface area (Å²) in [5.41, 5.74) is 5.42. The first-order chi connectivity index (χ1) is 7.60. The molecule has 92 valence electrons. The van der Waals surface area contributed by atoms with Crippen LogP contribution in [0.2, 0.25) is 0 Å². The minimum atomic E-state index is -3.38. The molecule has 3 N–H and O–H groups in total. The van der Waals surface area contributed by atoms with Crippen LogP contribution in [0.1, 0.15) is 11.3 Å². The van der Waals surface area contributed by atoms with Crippen LogP contribution in [0.25, 0.3) is 0 Å². The Labute approximate surface area is 99.7 Å². The van der Waals surface area contributed by atoms with Gasteiger partial charge in [-0.15, -0.1) is 11.3 Å². The van der Waals surface area contributed by atoms with Crippen molar-refractivity contribution in [2.75, 3.05) is 20.3 Å². The van der Waals surface area contributed by atoms with Crippen LogP contribution < -0.4 is 10.5 Å². The van der Waals surface area contributed by atoms with Gasteiger partial charge in [-0.1, -0.05) is 0 Å². The maximum Gasteiger partial charge on any atom is 0.241 e. The molecule has 0 aliphatic heterocycles. The van der Waals surface area contributed by atoms with Crippen LogP contribution in [-0.4, -0.2) is 28.7 Å². The zero-order valence-electron chi connectivity index (χ0n) is 9.10. The fourth-order valence-corrected chi connectivity index (χ4v) is 3.34. The van der Waals surface area contributed by atoms with Gasteiger partial charge in [0.1, 0.15) is 0 Å². The summed E-state index contributed by atoms with van der Waals surface area (Å²) in [5.74, 6) is 0. The Kier molecular flexibility index (Phi) is 5.36. The van der Waals surface area contributed by atoms with E-state index in [-0.39, 0.29) is 4.90 Å². The first-order valence-corrected chi connectivity index (χ1v) is 7.22. The number of nitrogens with two attached hydrogens (primary N) is 1. The van der Waals surface area contributed by atoms with Crippen molar-refractivity contribution in [3.05, 3.63) is 16.3 Å². The van der Waals surface area contributed by atoms with Gasteiger partial charge in [0.2, 0.25) is 10.0 Å². The Morgan fingerprint density at radius 1 is 1.56 bits per heavy atom. The molecule has 0 aliphatic carbocycles. The van der Waals surface area contributed by atoms with Gasteiger partial charge in [-0.25, -0.2) is 13.1 Å². The SMILES string of the molecule is COCCCNS(=O)(=O)c1csc(CN)c1. The second-order valence-corrected chi connectivity index (χ2v) is 5.96. The lowest BCUT2D eigenvalue weighted by molar-refractivity contribution is 0.196. The van der Waals surface area contributed by atoms with Gasteiger partial charge in [0.25, 0.3) is 0 Å². The minimum Gasteiger partial charge on any atom is -0.385 e. The summed E-state index contributed by atoms with van der Waals surface area (Å²) >= 11 is 1.35. The Morgan fingerprint density at radius 2 is 2.31 bits per heavy atom. The second kappa shape index (κ2) is 6.31. The number of thiophene rings is 1. The van der Waals surface area contributed by atoms with Crippen LogP contribution in [-0.2, 0) is 21.3 Å².